The predicted octanol–water partition coefficient (Wildman–Crippen LogP) is 1.74. The molecule has 0 saturated carbocycles. The van der Waals surface area contributed by atoms with Crippen molar-refractivity contribution in [3.63, 3.8) is 0 Å². The van der Waals surface area contributed by atoms with Gasteiger partial charge in [0.2, 0.25) is 10.0 Å². The Kier molecular flexibility index (Phi) is 5.74. The molecule has 0 aliphatic carbocycles. The van der Waals surface area contributed by atoms with Gasteiger partial charge in [0.05, 0.1) is 15.5 Å². The van der Waals surface area contributed by atoms with Crippen molar-refractivity contribution >= 4 is 19.9 Å². The van der Waals surface area contributed by atoms with Gasteiger partial charge in [-0.2, -0.15) is 0 Å². The molecule has 0 N–H and O–H groups in total. The zero-order valence-corrected chi connectivity index (χ0v) is 15.2. The third-order valence-corrected chi connectivity index (χ3v) is 7.30. The maximum Gasteiger partial charge on any atom is 0.242 e. The first-order valence-electron chi connectivity index (χ1n) is 7.46. The van der Waals surface area contributed by atoms with E-state index in [0.29, 0.717) is 6.42 Å². The Bertz CT molecular complexity index is 877. The van der Waals surface area contributed by atoms with Gasteiger partial charge < -0.3 is 0 Å². The summed E-state index contributed by atoms with van der Waals surface area (Å²) in [6.07, 6.45) is 2.16. The van der Waals surface area contributed by atoms with E-state index in [1.165, 1.54) is 35.6 Å². The SMILES string of the molecule is CCS(=O)(=O)c1ccc(S(=O)(=O)N(C)CCc2ccccn2)cc1. The molecule has 0 amide bonds. The molecule has 0 spiro atoms. The van der Waals surface area contributed by atoms with Crippen molar-refractivity contribution in [3.8, 4) is 0 Å². The number of sulfone groups is 1. The van der Waals surface area contributed by atoms with Crippen molar-refractivity contribution in [2.45, 2.75) is 23.1 Å². The zero-order valence-electron chi connectivity index (χ0n) is 13.6. The van der Waals surface area contributed by atoms with Gasteiger partial charge in [0.25, 0.3) is 0 Å². The maximum atomic E-state index is 12.5. The minimum atomic E-state index is -3.67. The van der Waals surface area contributed by atoms with Gasteiger partial charge >= 0.3 is 0 Å². The van der Waals surface area contributed by atoms with Gasteiger partial charge in [-0.05, 0) is 36.4 Å². The van der Waals surface area contributed by atoms with E-state index >= 15 is 0 Å². The summed E-state index contributed by atoms with van der Waals surface area (Å²) in [7, 11) is -5.52. The zero-order chi connectivity index (χ0) is 17.8. The first-order valence-corrected chi connectivity index (χ1v) is 10.6. The standard InChI is InChI=1S/C16H20N2O4S2/c1-3-23(19,20)15-7-9-16(10-8-15)24(21,22)18(2)13-11-14-6-4-5-12-17-14/h4-10,12H,3,11,13H2,1-2H3. The van der Waals surface area contributed by atoms with Crippen molar-refractivity contribution in [1.29, 1.82) is 0 Å². The highest BCUT2D eigenvalue weighted by Gasteiger charge is 2.21. The number of sulfonamides is 1. The monoisotopic (exact) mass is 368 g/mol. The summed E-state index contributed by atoms with van der Waals surface area (Å²) in [6, 6.07) is 10.8. The van der Waals surface area contributed by atoms with Crippen molar-refractivity contribution in [2.24, 2.45) is 0 Å². The highest BCUT2D eigenvalue weighted by atomic mass is 32.2. The molecular weight excluding hydrogens is 348 g/mol. The van der Waals surface area contributed by atoms with Crippen LogP contribution in [-0.4, -0.2) is 45.5 Å². The number of hydrogen-bond donors (Lipinski definition) is 0. The van der Waals surface area contributed by atoms with E-state index in [9.17, 15) is 16.8 Å². The Morgan fingerprint density at radius 2 is 1.58 bits per heavy atom. The van der Waals surface area contributed by atoms with Crippen molar-refractivity contribution in [2.75, 3.05) is 19.3 Å². The topological polar surface area (TPSA) is 84.4 Å². The molecule has 0 radical (unpaired) electrons. The first-order chi connectivity index (χ1) is 11.3. The van der Waals surface area contributed by atoms with Gasteiger partial charge in [-0.3, -0.25) is 4.98 Å². The van der Waals surface area contributed by atoms with E-state index in [2.05, 4.69) is 4.98 Å². The Hall–Kier alpha value is -1.77. The second kappa shape index (κ2) is 7.42. The maximum absolute atomic E-state index is 12.5. The molecule has 0 unspecified atom stereocenters. The molecule has 0 fully saturated rings. The number of pyridine rings is 1. The van der Waals surface area contributed by atoms with Crippen LogP contribution in [0.15, 0.2) is 58.5 Å². The summed E-state index contributed by atoms with van der Waals surface area (Å²) in [4.78, 5) is 4.36. The van der Waals surface area contributed by atoms with Crippen molar-refractivity contribution in [1.82, 2.24) is 9.29 Å². The van der Waals surface area contributed by atoms with E-state index in [1.807, 2.05) is 12.1 Å². The van der Waals surface area contributed by atoms with E-state index in [4.69, 9.17) is 0 Å². The van der Waals surface area contributed by atoms with Crippen LogP contribution in [0.1, 0.15) is 12.6 Å². The van der Waals surface area contributed by atoms with E-state index in [0.717, 1.165) is 5.69 Å². The second-order valence-electron chi connectivity index (χ2n) is 5.27. The minimum Gasteiger partial charge on any atom is -0.261 e. The lowest BCUT2D eigenvalue weighted by atomic mass is 10.3. The highest BCUT2D eigenvalue weighted by molar-refractivity contribution is 7.91. The number of aromatic nitrogens is 1. The molecule has 2 rings (SSSR count). The molecule has 0 bridgehead atoms. The summed E-state index contributed by atoms with van der Waals surface area (Å²) in [6.45, 7) is 1.83. The van der Waals surface area contributed by atoms with Crippen LogP contribution >= 0.6 is 0 Å². The molecule has 1 aromatic carbocycles. The van der Waals surface area contributed by atoms with Gasteiger partial charge in [-0.1, -0.05) is 13.0 Å². The van der Waals surface area contributed by atoms with Crippen LogP contribution in [0.4, 0.5) is 0 Å². The number of nitrogens with zero attached hydrogens (tertiary/aromatic N) is 2. The van der Waals surface area contributed by atoms with Crippen LogP contribution in [-0.2, 0) is 26.3 Å². The lowest BCUT2D eigenvalue weighted by molar-refractivity contribution is 0.471. The van der Waals surface area contributed by atoms with E-state index < -0.39 is 19.9 Å². The smallest absolute Gasteiger partial charge is 0.242 e. The Morgan fingerprint density at radius 1 is 0.958 bits per heavy atom. The first kappa shape index (κ1) is 18.6. The Morgan fingerprint density at radius 3 is 2.12 bits per heavy atom. The summed E-state index contributed by atoms with van der Waals surface area (Å²) in [5.41, 5.74) is 0.809. The third-order valence-electron chi connectivity index (χ3n) is 3.68. The Balaban J connectivity index is 2.14. The van der Waals surface area contributed by atoms with Gasteiger partial charge in [-0.25, -0.2) is 21.1 Å². The number of hydrogen-bond acceptors (Lipinski definition) is 5. The van der Waals surface area contributed by atoms with Gasteiger partial charge in [0, 0.05) is 31.9 Å². The molecule has 6 nitrogen and oxygen atoms in total. The normalized spacial score (nSPS) is 12.5. The molecule has 2 aromatic rings. The average molecular weight is 368 g/mol. The van der Waals surface area contributed by atoms with Crippen LogP contribution in [0, 0.1) is 0 Å². The summed E-state index contributed by atoms with van der Waals surface area (Å²) in [5, 5.41) is 0. The molecule has 130 valence electrons. The lowest BCUT2D eigenvalue weighted by Crippen LogP contribution is -2.29. The van der Waals surface area contributed by atoms with Gasteiger partial charge in [0.15, 0.2) is 9.84 Å². The minimum absolute atomic E-state index is 0.0247. The molecule has 0 atom stereocenters. The average Bonchev–Trinajstić information content (AvgIpc) is 2.60. The fourth-order valence-corrected chi connectivity index (χ4v) is 4.16. The van der Waals surface area contributed by atoms with Crippen LogP contribution in [0.25, 0.3) is 0 Å². The molecule has 0 aliphatic heterocycles. The number of benzene rings is 1. The van der Waals surface area contributed by atoms with Gasteiger partial charge in [-0.15, -0.1) is 0 Å². The largest absolute Gasteiger partial charge is 0.261 e. The summed E-state index contributed by atoms with van der Waals surface area (Å²) in [5.74, 6) is -0.0247. The molecular formula is C16H20N2O4S2. The fourth-order valence-electron chi connectivity index (χ4n) is 2.10. The second-order valence-corrected chi connectivity index (χ2v) is 9.60. The molecule has 1 aromatic heterocycles. The highest BCUT2D eigenvalue weighted by Crippen LogP contribution is 2.18. The van der Waals surface area contributed by atoms with E-state index in [-0.39, 0.29) is 22.1 Å². The van der Waals surface area contributed by atoms with Crippen LogP contribution in [0.3, 0.4) is 0 Å². The molecule has 24 heavy (non-hydrogen) atoms. The summed E-state index contributed by atoms with van der Waals surface area (Å²) < 4.78 is 49.9. The Labute approximate surface area is 143 Å². The molecule has 0 aliphatic rings. The molecule has 8 heteroatoms. The van der Waals surface area contributed by atoms with Crippen LogP contribution in [0.5, 0.6) is 0 Å². The lowest BCUT2D eigenvalue weighted by Gasteiger charge is -2.17. The predicted molar refractivity (Wildman–Crippen MR) is 91.9 cm³/mol. The molecule has 0 saturated heterocycles. The third kappa shape index (κ3) is 4.19. The van der Waals surface area contributed by atoms with Crippen molar-refractivity contribution < 1.29 is 16.8 Å². The van der Waals surface area contributed by atoms with E-state index in [1.54, 1.807) is 19.2 Å². The number of rotatable bonds is 7. The quantitative estimate of drug-likeness (QED) is 0.743. The van der Waals surface area contributed by atoms with Crippen molar-refractivity contribution in [3.05, 3.63) is 54.4 Å². The molecule has 1 heterocycles. The summed E-state index contributed by atoms with van der Waals surface area (Å²) >= 11 is 0. The van der Waals surface area contributed by atoms with Crippen LogP contribution in [0.2, 0.25) is 0 Å². The number of likely N-dealkylation sites (N-methyl/N-ethyl adjacent to an activating group) is 1. The van der Waals surface area contributed by atoms with Crippen LogP contribution < -0.4 is 0 Å². The van der Waals surface area contributed by atoms with Gasteiger partial charge in [0.1, 0.15) is 0 Å². The fraction of sp³-hybridized carbons (Fsp3) is 0.312.